The van der Waals surface area contributed by atoms with Crippen LogP contribution in [-0.4, -0.2) is 104 Å². The highest BCUT2D eigenvalue weighted by Gasteiger charge is 2.34. The topological polar surface area (TPSA) is 221 Å². The van der Waals surface area contributed by atoms with Gasteiger partial charge in [0.2, 0.25) is 12.3 Å². The Morgan fingerprint density at radius 1 is 0.757 bits per heavy atom. The Balaban J connectivity index is 1.06. The van der Waals surface area contributed by atoms with Gasteiger partial charge in [0.1, 0.15) is 30.8 Å². The van der Waals surface area contributed by atoms with Gasteiger partial charge in [-0.05, 0) is 72.9 Å². The Bertz CT molecular complexity index is 2620. The van der Waals surface area contributed by atoms with Gasteiger partial charge in [0.15, 0.2) is 5.76 Å². The molecule has 0 unspecified atom stereocenters. The molecule has 1 aliphatic rings. The predicted molar refractivity (Wildman–Crippen MR) is 272 cm³/mol. The highest BCUT2D eigenvalue weighted by atomic mass is 16.7. The van der Waals surface area contributed by atoms with Crippen LogP contribution in [-0.2, 0) is 58.0 Å². The molecule has 4 amide bonds. The van der Waals surface area contributed by atoms with Gasteiger partial charge in [-0.25, -0.2) is 9.59 Å². The number of ether oxygens (including phenoxy) is 4. The zero-order valence-corrected chi connectivity index (χ0v) is 42.1. The van der Waals surface area contributed by atoms with E-state index >= 15 is 0 Å². The average molecular weight is 1020 g/mol. The summed E-state index contributed by atoms with van der Waals surface area (Å²) in [7, 11) is 0. The van der Waals surface area contributed by atoms with Crippen molar-refractivity contribution in [1.82, 2.24) is 25.9 Å². The summed E-state index contributed by atoms with van der Waals surface area (Å²) in [6.45, 7) is 9.02. The second kappa shape index (κ2) is 29.0. The molecule has 2 heterocycles. The van der Waals surface area contributed by atoms with E-state index in [4.69, 9.17) is 28.2 Å². The Morgan fingerprint density at radius 2 is 1.45 bits per heavy atom. The lowest BCUT2D eigenvalue weighted by Crippen LogP contribution is -2.49. The lowest BCUT2D eigenvalue weighted by molar-refractivity contribution is -0.171. The number of hydroxylamine groups is 2. The van der Waals surface area contributed by atoms with Crippen molar-refractivity contribution in [3.05, 3.63) is 149 Å². The van der Waals surface area contributed by atoms with Gasteiger partial charge < -0.3 is 44.2 Å². The number of hydrogen-bond donors (Lipinski definition) is 3. The molecule has 18 heteroatoms. The third kappa shape index (κ3) is 16.6. The van der Waals surface area contributed by atoms with E-state index in [0.717, 1.165) is 42.1 Å². The summed E-state index contributed by atoms with van der Waals surface area (Å²) < 4.78 is 28.1. The first-order chi connectivity index (χ1) is 36.0. The van der Waals surface area contributed by atoms with Gasteiger partial charge in [0.05, 0.1) is 56.0 Å². The summed E-state index contributed by atoms with van der Waals surface area (Å²) in [6.07, 6.45) is 2.98. The minimum Gasteiger partial charge on any atom is -0.493 e. The molecule has 0 bridgehead atoms. The van der Waals surface area contributed by atoms with Crippen LogP contribution in [0.25, 0.3) is 11.3 Å². The summed E-state index contributed by atoms with van der Waals surface area (Å²) in [6, 6.07) is 30.4. The maximum absolute atomic E-state index is 13.8. The number of carbonyl (C=O) groups is 7. The van der Waals surface area contributed by atoms with Crippen LogP contribution >= 0.6 is 0 Å². The van der Waals surface area contributed by atoms with Crippen LogP contribution in [0.2, 0.25) is 0 Å². The van der Waals surface area contributed by atoms with E-state index in [1.165, 1.54) is 12.1 Å². The Morgan fingerprint density at radius 3 is 2.09 bits per heavy atom. The smallest absolute Gasteiger partial charge is 0.363 e. The Labute approximate surface area is 430 Å². The van der Waals surface area contributed by atoms with Crippen LogP contribution < -0.4 is 20.7 Å². The monoisotopic (exact) mass is 1020 g/mol. The van der Waals surface area contributed by atoms with Crippen LogP contribution in [0, 0.1) is 5.92 Å². The summed E-state index contributed by atoms with van der Waals surface area (Å²) in [4.78, 5) is 101. The molecule has 392 valence electrons. The van der Waals surface area contributed by atoms with E-state index in [0.29, 0.717) is 56.6 Å². The molecule has 1 aromatic heterocycles. The first-order valence-corrected chi connectivity index (χ1v) is 25.0. The maximum atomic E-state index is 13.8. The summed E-state index contributed by atoms with van der Waals surface area (Å²) in [5.74, 6) is -4.59. The molecule has 3 atom stereocenters. The van der Waals surface area contributed by atoms with Crippen LogP contribution in [0.5, 0.6) is 5.75 Å². The van der Waals surface area contributed by atoms with Gasteiger partial charge in [-0.2, -0.15) is 5.06 Å². The third-order valence-corrected chi connectivity index (χ3v) is 12.2. The molecule has 0 spiro atoms. The molecule has 1 fully saturated rings. The number of nitrogens with zero attached hydrogens (tertiary/aromatic N) is 2. The van der Waals surface area contributed by atoms with Crippen molar-refractivity contribution in [1.29, 1.82) is 0 Å². The fraction of sp³-hybridized carbons (Fsp3) is 0.375. The molecule has 5 aromatic rings. The minimum atomic E-state index is -1.41. The van der Waals surface area contributed by atoms with Crippen LogP contribution in [0.3, 0.4) is 0 Å². The van der Waals surface area contributed by atoms with Crippen molar-refractivity contribution in [3.63, 3.8) is 0 Å². The molecule has 0 aliphatic carbocycles. The van der Waals surface area contributed by atoms with Gasteiger partial charge in [0, 0.05) is 25.2 Å². The normalized spacial score (nSPS) is 13.6. The van der Waals surface area contributed by atoms with Crippen molar-refractivity contribution >= 4 is 42.0 Å². The maximum Gasteiger partial charge on any atom is 0.363 e. The molecule has 4 aromatic carbocycles. The van der Waals surface area contributed by atoms with Crippen molar-refractivity contribution in [2.24, 2.45) is 5.92 Å². The number of esters is 2. The van der Waals surface area contributed by atoms with E-state index in [1.54, 1.807) is 92.7 Å². The van der Waals surface area contributed by atoms with Gasteiger partial charge in [-0.1, -0.05) is 112 Å². The predicted octanol–water partition coefficient (Wildman–Crippen LogP) is 7.16. The lowest BCUT2D eigenvalue weighted by Gasteiger charge is -2.31. The van der Waals surface area contributed by atoms with Crippen LogP contribution in [0.4, 0.5) is 0 Å². The van der Waals surface area contributed by atoms with Gasteiger partial charge in [0.25, 0.3) is 11.8 Å². The second-order valence-corrected chi connectivity index (χ2v) is 17.5. The summed E-state index contributed by atoms with van der Waals surface area (Å²) >= 11 is 0. The number of unbranched alkanes of at least 4 members (excludes halogenated alkanes) is 2. The highest BCUT2D eigenvalue weighted by molar-refractivity contribution is 6.00. The van der Waals surface area contributed by atoms with E-state index in [-0.39, 0.29) is 54.9 Å². The molecule has 1 saturated heterocycles. The molecular weight excluding hydrogens is 951 g/mol. The van der Waals surface area contributed by atoms with E-state index < -0.39 is 60.1 Å². The first kappa shape index (κ1) is 55.5. The zero-order chi connectivity index (χ0) is 52.7. The van der Waals surface area contributed by atoms with Crippen molar-refractivity contribution in [2.45, 2.75) is 91.1 Å². The largest absolute Gasteiger partial charge is 0.493 e. The number of furan rings is 1. The SMILES string of the molecule is CCCCC[C@@H](C(=O)NCNC(=O)c1ccc(-c2ccc(C(=O)N[C@@H](CC(=O)OCc3ccccc3)C(=O)OCc3ccccc3)c(OCC)c2)o1)[C@@H](CC)N(C=O)OC(=O)c1ccc(CN2CCOCC2)cc1. The fourth-order valence-corrected chi connectivity index (χ4v) is 8.24. The van der Waals surface area contributed by atoms with E-state index in [9.17, 15) is 33.6 Å². The fourth-order valence-electron chi connectivity index (χ4n) is 8.24. The number of rotatable bonds is 28. The zero-order valence-electron chi connectivity index (χ0n) is 42.1. The number of nitrogens with one attached hydrogen (secondary N) is 3. The third-order valence-electron chi connectivity index (χ3n) is 12.2. The van der Waals surface area contributed by atoms with Crippen molar-refractivity contribution < 1.29 is 61.8 Å². The van der Waals surface area contributed by atoms with Crippen LogP contribution in [0.15, 0.2) is 120 Å². The number of carbonyl (C=O) groups excluding carboxylic acids is 7. The standard InChI is InChI=1S/C56H65N5O13/c1-4-7-10-19-44(47(5-2)61(38-62)74-55(67)42-22-20-39(21-23-42)34-60-28-30-69-31-29-60)52(64)57-37-58-54(66)49-27-26-48(73-49)43-24-25-45(50(32-43)70-6-3)53(65)59-46(56(68)72-36-41-17-13-9-14-18-41)33-51(63)71-35-40-15-11-8-12-16-40/h8-9,11-18,20-27,32,38,44,46-47H,4-7,10,19,28-31,33-37H2,1-3H3,(H,57,64)(H,58,66)(H,59,65)/t44-,46+,47-/m1/s1. The van der Waals surface area contributed by atoms with Crippen LogP contribution in [0.1, 0.15) is 107 Å². The molecule has 18 nitrogen and oxygen atoms in total. The Hall–Kier alpha value is -7.83. The molecule has 74 heavy (non-hydrogen) atoms. The molecule has 0 radical (unpaired) electrons. The quantitative estimate of drug-likeness (QED) is 0.0149. The summed E-state index contributed by atoms with van der Waals surface area (Å²) in [5, 5.41) is 8.92. The van der Waals surface area contributed by atoms with E-state index in [1.807, 2.05) is 31.2 Å². The number of morpholine rings is 1. The number of hydrogen-bond acceptors (Lipinski definition) is 14. The molecule has 0 saturated carbocycles. The number of amides is 4. The first-order valence-electron chi connectivity index (χ1n) is 25.0. The molecule has 3 N–H and O–H groups in total. The highest BCUT2D eigenvalue weighted by Crippen LogP contribution is 2.30. The molecule has 6 rings (SSSR count). The Kier molecular flexibility index (Phi) is 21.8. The second-order valence-electron chi connectivity index (χ2n) is 17.5. The van der Waals surface area contributed by atoms with Gasteiger partial charge in [-0.3, -0.25) is 28.9 Å². The van der Waals surface area contributed by atoms with E-state index in [2.05, 4.69) is 20.9 Å². The summed E-state index contributed by atoms with van der Waals surface area (Å²) in [5.41, 5.74) is 3.22. The lowest BCUT2D eigenvalue weighted by atomic mass is 9.90. The average Bonchev–Trinajstić information content (AvgIpc) is 3.93. The van der Waals surface area contributed by atoms with Gasteiger partial charge >= 0.3 is 17.9 Å². The number of benzene rings is 4. The van der Waals surface area contributed by atoms with Crippen molar-refractivity contribution in [2.75, 3.05) is 39.6 Å². The van der Waals surface area contributed by atoms with Gasteiger partial charge in [-0.15, -0.1) is 0 Å². The minimum absolute atomic E-state index is 0.0290. The molecule has 1 aliphatic heterocycles. The van der Waals surface area contributed by atoms with Crippen molar-refractivity contribution in [3.8, 4) is 17.1 Å². The molecular formula is C56H65N5O13.